The molecule has 96 valence electrons. The van der Waals surface area contributed by atoms with Crippen molar-refractivity contribution in [2.75, 3.05) is 0 Å². The Hall–Kier alpha value is -1.98. The lowest BCUT2D eigenvalue weighted by atomic mass is 10.2. The van der Waals surface area contributed by atoms with E-state index >= 15 is 0 Å². The normalized spacial score (nSPS) is 12.8. The first kappa shape index (κ1) is 15.0. The molecule has 0 aromatic carbocycles. The van der Waals surface area contributed by atoms with Crippen LogP contribution in [0.15, 0.2) is 25.7 Å². The van der Waals surface area contributed by atoms with Crippen LogP contribution < -0.4 is 0 Å². The molecule has 0 aromatic rings. The lowest BCUT2D eigenvalue weighted by molar-refractivity contribution is 0.0118. The predicted octanol–water partition coefficient (Wildman–Crippen LogP) is 2.75. The standard InChI is InChI=1S/C11H16O6/c1-5-14-10(12)16-8(3)7-9(4)17-11(13)15-6-2/h5-6,8-9H,1-2,7H2,3-4H3. The van der Waals surface area contributed by atoms with Crippen LogP contribution in [0.5, 0.6) is 0 Å². The van der Waals surface area contributed by atoms with E-state index in [1.54, 1.807) is 13.8 Å². The zero-order valence-electron chi connectivity index (χ0n) is 9.88. The average Bonchev–Trinajstić information content (AvgIpc) is 2.16. The molecule has 6 nitrogen and oxygen atoms in total. The smallest absolute Gasteiger partial charge is 0.431 e. The van der Waals surface area contributed by atoms with E-state index in [2.05, 4.69) is 22.6 Å². The molecular formula is C11H16O6. The fourth-order valence-electron chi connectivity index (χ4n) is 1.08. The first-order valence-corrected chi connectivity index (χ1v) is 4.96. The van der Waals surface area contributed by atoms with Gasteiger partial charge in [0.2, 0.25) is 0 Å². The molecule has 0 aliphatic carbocycles. The minimum Gasteiger partial charge on any atom is -0.431 e. The highest BCUT2D eigenvalue weighted by molar-refractivity contribution is 5.61. The van der Waals surface area contributed by atoms with Crippen molar-refractivity contribution in [3.05, 3.63) is 25.7 Å². The molecule has 0 saturated heterocycles. The number of hydrogen-bond donors (Lipinski definition) is 0. The summed E-state index contributed by atoms with van der Waals surface area (Å²) in [6, 6.07) is 0. The van der Waals surface area contributed by atoms with Gasteiger partial charge in [0.25, 0.3) is 0 Å². The lowest BCUT2D eigenvalue weighted by Gasteiger charge is -2.16. The Morgan fingerprint density at radius 2 is 1.35 bits per heavy atom. The van der Waals surface area contributed by atoms with Crippen molar-refractivity contribution in [3.8, 4) is 0 Å². The third kappa shape index (κ3) is 7.89. The first-order valence-electron chi connectivity index (χ1n) is 4.96. The van der Waals surface area contributed by atoms with Gasteiger partial charge in [-0.2, -0.15) is 0 Å². The Morgan fingerprint density at radius 1 is 1.00 bits per heavy atom. The molecule has 0 saturated carbocycles. The highest BCUT2D eigenvalue weighted by Gasteiger charge is 2.17. The van der Waals surface area contributed by atoms with Crippen molar-refractivity contribution >= 4 is 12.3 Å². The molecule has 2 unspecified atom stereocenters. The topological polar surface area (TPSA) is 71.1 Å². The van der Waals surface area contributed by atoms with Crippen LogP contribution in [-0.2, 0) is 18.9 Å². The third-order valence-corrected chi connectivity index (χ3v) is 1.62. The van der Waals surface area contributed by atoms with E-state index in [0.29, 0.717) is 6.42 Å². The molecule has 0 aromatic heterocycles. The average molecular weight is 244 g/mol. The van der Waals surface area contributed by atoms with Crippen LogP contribution >= 0.6 is 0 Å². The van der Waals surface area contributed by atoms with E-state index in [1.807, 2.05) is 0 Å². The Balaban J connectivity index is 3.90. The summed E-state index contributed by atoms with van der Waals surface area (Å²) in [7, 11) is 0. The van der Waals surface area contributed by atoms with Crippen LogP contribution in [0.25, 0.3) is 0 Å². The predicted molar refractivity (Wildman–Crippen MR) is 59.1 cm³/mol. The maximum absolute atomic E-state index is 10.9. The van der Waals surface area contributed by atoms with Gasteiger partial charge in [0.15, 0.2) is 0 Å². The monoisotopic (exact) mass is 244 g/mol. The molecular weight excluding hydrogens is 228 g/mol. The number of carbonyl (C=O) groups is 2. The molecule has 0 bridgehead atoms. The van der Waals surface area contributed by atoms with Crippen molar-refractivity contribution in [1.29, 1.82) is 0 Å². The third-order valence-electron chi connectivity index (χ3n) is 1.62. The van der Waals surface area contributed by atoms with Gasteiger partial charge in [-0.3, -0.25) is 0 Å². The van der Waals surface area contributed by atoms with Crippen LogP contribution in [-0.4, -0.2) is 24.5 Å². The maximum Gasteiger partial charge on any atom is 0.513 e. The van der Waals surface area contributed by atoms with Gasteiger partial charge in [-0.05, 0) is 13.8 Å². The number of ether oxygens (including phenoxy) is 4. The lowest BCUT2D eigenvalue weighted by Crippen LogP contribution is -2.23. The van der Waals surface area contributed by atoms with Crippen molar-refractivity contribution < 1.29 is 28.5 Å². The Morgan fingerprint density at radius 3 is 1.65 bits per heavy atom. The van der Waals surface area contributed by atoms with E-state index < -0.39 is 24.5 Å². The number of carbonyl (C=O) groups excluding carboxylic acids is 2. The van der Waals surface area contributed by atoms with Crippen molar-refractivity contribution in [2.45, 2.75) is 32.5 Å². The van der Waals surface area contributed by atoms with Crippen LogP contribution in [0, 0.1) is 0 Å². The molecule has 2 atom stereocenters. The largest absolute Gasteiger partial charge is 0.513 e. The highest BCUT2D eigenvalue weighted by Crippen LogP contribution is 2.08. The molecule has 0 aliphatic rings. The van der Waals surface area contributed by atoms with Crippen LogP contribution in [0.3, 0.4) is 0 Å². The molecule has 0 aliphatic heterocycles. The molecule has 0 fully saturated rings. The summed E-state index contributed by atoms with van der Waals surface area (Å²) in [5.41, 5.74) is 0. The van der Waals surface area contributed by atoms with Gasteiger partial charge >= 0.3 is 12.3 Å². The Labute approximate surface area is 99.8 Å². The van der Waals surface area contributed by atoms with Gasteiger partial charge in [-0.1, -0.05) is 13.2 Å². The number of hydrogen-bond acceptors (Lipinski definition) is 6. The van der Waals surface area contributed by atoms with Crippen molar-refractivity contribution in [1.82, 2.24) is 0 Å². The van der Waals surface area contributed by atoms with Crippen LogP contribution in [0.2, 0.25) is 0 Å². The highest BCUT2D eigenvalue weighted by atomic mass is 16.7. The van der Waals surface area contributed by atoms with Gasteiger partial charge < -0.3 is 18.9 Å². The zero-order valence-corrected chi connectivity index (χ0v) is 9.88. The number of rotatable bonds is 6. The van der Waals surface area contributed by atoms with E-state index in [0.717, 1.165) is 12.5 Å². The summed E-state index contributed by atoms with van der Waals surface area (Å²) in [5, 5.41) is 0. The van der Waals surface area contributed by atoms with Gasteiger partial charge in [-0.25, -0.2) is 9.59 Å². The van der Waals surface area contributed by atoms with Gasteiger partial charge in [-0.15, -0.1) is 0 Å². The SMILES string of the molecule is C=COC(=O)OC(C)CC(C)OC(=O)OC=C. The van der Waals surface area contributed by atoms with E-state index in [9.17, 15) is 9.59 Å². The molecule has 0 rings (SSSR count). The Bertz CT molecular complexity index is 258. The molecule has 0 radical (unpaired) electrons. The second-order valence-electron chi connectivity index (χ2n) is 3.16. The fourth-order valence-corrected chi connectivity index (χ4v) is 1.08. The Kier molecular flexibility index (Phi) is 7.25. The summed E-state index contributed by atoms with van der Waals surface area (Å²) in [6.07, 6.45) is -0.379. The van der Waals surface area contributed by atoms with Gasteiger partial charge in [0.1, 0.15) is 12.2 Å². The minimum atomic E-state index is -0.853. The van der Waals surface area contributed by atoms with Gasteiger partial charge in [0, 0.05) is 6.42 Å². The molecule has 0 heterocycles. The quantitative estimate of drug-likeness (QED) is 0.528. The van der Waals surface area contributed by atoms with E-state index in [1.165, 1.54) is 0 Å². The van der Waals surface area contributed by atoms with Gasteiger partial charge in [0.05, 0.1) is 12.5 Å². The van der Waals surface area contributed by atoms with E-state index in [-0.39, 0.29) is 0 Å². The minimum absolute atomic E-state index is 0.318. The van der Waals surface area contributed by atoms with E-state index in [4.69, 9.17) is 9.47 Å². The molecule has 0 N–H and O–H groups in total. The van der Waals surface area contributed by atoms with Crippen molar-refractivity contribution in [3.63, 3.8) is 0 Å². The maximum atomic E-state index is 10.9. The summed E-state index contributed by atoms with van der Waals surface area (Å²) >= 11 is 0. The van der Waals surface area contributed by atoms with Crippen LogP contribution in [0.4, 0.5) is 9.59 Å². The molecule has 6 heteroatoms. The molecule has 0 amide bonds. The summed E-state index contributed by atoms with van der Waals surface area (Å²) < 4.78 is 18.4. The summed E-state index contributed by atoms with van der Waals surface area (Å²) in [5.74, 6) is 0. The summed E-state index contributed by atoms with van der Waals surface area (Å²) in [4.78, 5) is 21.8. The fraction of sp³-hybridized carbons (Fsp3) is 0.455. The summed E-state index contributed by atoms with van der Waals surface area (Å²) in [6.45, 7) is 9.70. The second-order valence-corrected chi connectivity index (χ2v) is 3.16. The van der Waals surface area contributed by atoms with Crippen molar-refractivity contribution in [2.24, 2.45) is 0 Å². The zero-order chi connectivity index (χ0) is 13.3. The van der Waals surface area contributed by atoms with Crippen LogP contribution in [0.1, 0.15) is 20.3 Å². The molecule has 0 spiro atoms. The first-order chi connectivity index (χ1) is 7.99. The molecule has 17 heavy (non-hydrogen) atoms. The second kappa shape index (κ2) is 8.20.